The van der Waals surface area contributed by atoms with Crippen LogP contribution < -0.4 is 5.32 Å². The molecule has 0 aromatic carbocycles. The van der Waals surface area contributed by atoms with Crippen LogP contribution in [0.2, 0.25) is 0 Å². The first-order valence-electron chi connectivity index (χ1n) is 6.38. The van der Waals surface area contributed by atoms with Crippen LogP contribution >= 0.6 is 0 Å². The summed E-state index contributed by atoms with van der Waals surface area (Å²) in [5, 5.41) is 12.3. The van der Waals surface area contributed by atoms with Gasteiger partial charge >= 0.3 is 0 Å². The molecule has 1 N–H and O–H groups in total. The van der Waals surface area contributed by atoms with Gasteiger partial charge in [0.05, 0.1) is 17.6 Å². The molecule has 0 amide bonds. The first-order chi connectivity index (χ1) is 7.64. The van der Waals surface area contributed by atoms with Crippen LogP contribution in [0.25, 0.3) is 0 Å². The van der Waals surface area contributed by atoms with Crippen molar-refractivity contribution in [1.29, 1.82) is 5.26 Å². The average molecular weight is 224 g/mol. The molecule has 1 saturated heterocycles. The minimum absolute atomic E-state index is 0.178. The molecule has 3 heteroatoms. The Morgan fingerprint density at radius 1 is 1.44 bits per heavy atom. The maximum absolute atomic E-state index is 8.86. The fourth-order valence-electron chi connectivity index (χ4n) is 1.94. The lowest BCUT2D eigenvalue weighted by Crippen LogP contribution is -2.32. The summed E-state index contributed by atoms with van der Waals surface area (Å²) in [6.07, 6.45) is 6.14. The van der Waals surface area contributed by atoms with E-state index in [4.69, 9.17) is 10.00 Å². The Hall–Kier alpha value is -0.590. The number of hydrogen-bond acceptors (Lipinski definition) is 3. The number of nitrogens with one attached hydrogen (secondary N) is 1. The van der Waals surface area contributed by atoms with Crippen molar-refractivity contribution in [2.75, 3.05) is 19.7 Å². The van der Waals surface area contributed by atoms with Crippen LogP contribution in [0, 0.1) is 16.7 Å². The van der Waals surface area contributed by atoms with Crippen molar-refractivity contribution in [1.82, 2.24) is 5.32 Å². The van der Waals surface area contributed by atoms with E-state index >= 15 is 0 Å². The first kappa shape index (κ1) is 13.5. The molecular weight excluding hydrogens is 200 g/mol. The third-order valence-electron chi connectivity index (χ3n) is 3.10. The van der Waals surface area contributed by atoms with Crippen LogP contribution in [-0.4, -0.2) is 25.8 Å². The van der Waals surface area contributed by atoms with E-state index in [9.17, 15) is 0 Å². The smallest absolute Gasteiger partial charge is 0.0699 e. The van der Waals surface area contributed by atoms with E-state index in [-0.39, 0.29) is 5.41 Å². The summed E-state index contributed by atoms with van der Waals surface area (Å²) in [7, 11) is 0. The summed E-state index contributed by atoms with van der Waals surface area (Å²) in [4.78, 5) is 0. The van der Waals surface area contributed by atoms with Gasteiger partial charge in [-0.25, -0.2) is 0 Å². The number of rotatable bonds is 6. The standard InChI is InChI=1S/C13H24N2O/c1-13(2,11-14)7-5-8-15-10-12-6-3-4-9-16-12/h12,15H,3-10H2,1-2H3. The Morgan fingerprint density at radius 3 is 2.88 bits per heavy atom. The third-order valence-corrected chi connectivity index (χ3v) is 3.10. The van der Waals surface area contributed by atoms with Gasteiger partial charge in [0.1, 0.15) is 0 Å². The Bertz CT molecular complexity index is 227. The second kappa shape index (κ2) is 6.88. The van der Waals surface area contributed by atoms with Crippen molar-refractivity contribution >= 4 is 0 Å². The second-order valence-corrected chi connectivity index (χ2v) is 5.29. The maximum Gasteiger partial charge on any atom is 0.0699 e. The van der Waals surface area contributed by atoms with E-state index in [1.165, 1.54) is 19.3 Å². The molecule has 92 valence electrons. The molecule has 1 rings (SSSR count). The first-order valence-corrected chi connectivity index (χ1v) is 6.38. The van der Waals surface area contributed by atoms with E-state index in [1.54, 1.807) is 0 Å². The zero-order valence-corrected chi connectivity index (χ0v) is 10.6. The second-order valence-electron chi connectivity index (χ2n) is 5.29. The molecule has 0 bridgehead atoms. The number of nitriles is 1. The van der Waals surface area contributed by atoms with Gasteiger partial charge in [0.15, 0.2) is 0 Å². The monoisotopic (exact) mass is 224 g/mol. The summed E-state index contributed by atoms with van der Waals surface area (Å²) in [6.45, 7) is 6.88. The molecule has 1 aliphatic heterocycles. The van der Waals surface area contributed by atoms with Crippen LogP contribution in [0.5, 0.6) is 0 Å². The van der Waals surface area contributed by atoms with Crippen molar-refractivity contribution in [3.05, 3.63) is 0 Å². The van der Waals surface area contributed by atoms with Crippen LogP contribution in [0.4, 0.5) is 0 Å². The fraction of sp³-hybridized carbons (Fsp3) is 0.923. The third kappa shape index (κ3) is 5.48. The molecule has 0 aromatic heterocycles. The Labute approximate surface area is 99.2 Å². The van der Waals surface area contributed by atoms with Crippen LogP contribution in [-0.2, 0) is 4.74 Å². The van der Waals surface area contributed by atoms with E-state index in [1.807, 2.05) is 13.8 Å². The van der Waals surface area contributed by atoms with Gasteiger partial charge in [-0.2, -0.15) is 5.26 Å². The largest absolute Gasteiger partial charge is 0.377 e. The molecule has 0 aromatic rings. The van der Waals surface area contributed by atoms with Crippen LogP contribution in [0.1, 0.15) is 46.0 Å². The summed E-state index contributed by atoms with van der Waals surface area (Å²) in [6, 6.07) is 2.33. The van der Waals surface area contributed by atoms with E-state index < -0.39 is 0 Å². The van der Waals surface area contributed by atoms with Crippen molar-refractivity contribution in [2.24, 2.45) is 5.41 Å². The normalized spacial score (nSPS) is 21.7. The highest BCUT2D eigenvalue weighted by molar-refractivity contribution is 4.91. The lowest BCUT2D eigenvalue weighted by molar-refractivity contribution is 0.0170. The number of nitrogens with zero attached hydrogens (tertiary/aromatic N) is 1. The zero-order chi connectivity index (χ0) is 11.9. The molecule has 1 atom stereocenters. The Balaban J connectivity index is 1.97. The molecule has 0 spiro atoms. The van der Waals surface area contributed by atoms with Gasteiger partial charge in [0.25, 0.3) is 0 Å². The summed E-state index contributed by atoms with van der Waals surface area (Å²) in [5.41, 5.74) is -0.178. The van der Waals surface area contributed by atoms with Crippen molar-refractivity contribution in [3.63, 3.8) is 0 Å². The summed E-state index contributed by atoms with van der Waals surface area (Å²) in [5.74, 6) is 0. The molecule has 1 aliphatic rings. The lowest BCUT2D eigenvalue weighted by Gasteiger charge is -2.23. The van der Waals surface area contributed by atoms with Crippen LogP contribution in [0.3, 0.4) is 0 Å². The maximum atomic E-state index is 8.86. The number of ether oxygens (including phenoxy) is 1. The predicted octanol–water partition coefficient (Wildman–Crippen LogP) is 2.48. The van der Waals surface area contributed by atoms with Crippen molar-refractivity contribution < 1.29 is 4.74 Å². The fourth-order valence-corrected chi connectivity index (χ4v) is 1.94. The zero-order valence-electron chi connectivity index (χ0n) is 10.6. The minimum Gasteiger partial charge on any atom is -0.377 e. The molecule has 0 aliphatic carbocycles. The lowest BCUT2D eigenvalue weighted by atomic mass is 9.90. The number of hydrogen-bond donors (Lipinski definition) is 1. The Kier molecular flexibility index (Phi) is 5.79. The van der Waals surface area contributed by atoms with Gasteiger partial charge in [0.2, 0.25) is 0 Å². The topological polar surface area (TPSA) is 45.0 Å². The SMILES string of the molecule is CC(C)(C#N)CCCNCC1CCCCO1. The Morgan fingerprint density at radius 2 is 2.25 bits per heavy atom. The quantitative estimate of drug-likeness (QED) is 0.705. The van der Waals surface area contributed by atoms with E-state index in [2.05, 4.69) is 11.4 Å². The highest BCUT2D eigenvalue weighted by Crippen LogP contribution is 2.20. The van der Waals surface area contributed by atoms with Gasteiger partial charge in [-0.15, -0.1) is 0 Å². The minimum atomic E-state index is -0.178. The van der Waals surface area contributed by atoms with Crippen molar-refractivity contribution in [2.45, 2.75) is 52.1 Å². The molecule has 16 heavy (non-hydrogen) atoms. The van der Waals surface area contributed by atoms with E-state index in [0.29, 0.717) is 6.10 Å². The molecule has 1 unspecified atom stereocenters. The molecule has 1 fully saturated rings. The van der Waals surface area contributed by atoms with Gasteiger partial charge < -0.3 is 10.1 Å². The molecule has 0 radical (unpaired) electrons. The van der Waals surface area contributed by atoms with E-state index in [0.717, 1.165) is 32.5 Å². The average Bonchev–Trinajstić information content (AvgIpc) is 2.30. The van der Waals surface area contributed by atoms with Gasteiger partial charge in [-0.1, -0.05) is 0 Å². The molecule has 1 heterocycles. The highest BCUT2D eigenvalue weighted by Gasteiger charge is 2.16. The molecular formula is C13H24N2O. The molecule has 3 nitrogen and oxygen atoms in total. The highest BCUT2D eigenvalue weighted by atomic mass is 16.5. The van der Waals surface area contributed by atoms with Crippen LogP contribution in [0.15, 0.2) is 0 Å². The van der Waals surface area contributed by atoms with Gasteiger partial charge in [-0.3, -0.25) is 0 Å². The molecule has 0 saturated carbocycles. The summed E-state index contributed by atoms with van der Waals surface area (Å²) >= 11 is 0. The summed E-state index contributed by atoms with van der Waals surface area (Å²) < 4.78 is 5.63. The van der Waals surface area contributed by atoms with Crippen molar-refractivity contribution in [3.8, 4) is 6.07 Å². The predicted molar refractivity (Wildman–Crippen MR) is 65.1 cm³/mol. The van der Waals surface area contributed by atoms with Gasteiger partial charge in [-0.05, 0) is 52.5 Å². The van der Waals surface area contributed by atoms with Gasteiger partial charge in [0, 0.05) is 13.2 Å².